The van der Waals surface area contributed by atoms with Gasteiger partial charge in [-0.15, -0.1) is 0 Å². The first-order valence-corrected chi connectivity index (χ1v) is 6.20. The molecule has 96 valence electrons. The fourth-order valence-electron chi connectivity index (χ4n) is 2.56. The number of aryl methyl sites for hydroxylation is 1. The molecule has 0 bridgehead atoms. The van der Waals surface area contributed by atoms with Crippen molar-refractivity contribution in [2.24, 2.45) is 12.8 Å². The standard InChI is InChI=1S/C12H22N4O/c1-9(2)16-6-7-17-11(8-13)12(16)10-4-5-14-15(10)3/h4-5,9,11-12H,6-8,13H2,1-3H3. The minimum Gasteiger partial charge on any atom is -0.374 e. The third kappa shape index (κ3) is 2.36. The van der Waals surface area contributed by atoms with E-state index in [-0.39, 0.29) is 12.1 Å². The molecule has 5 heteroatoms. The van der Waals surface area contributed by atoms with Crippen LogP contribution in [0.4, 0.5) is 0 Å². The summed E-state index contributed by atoms with van der Waals surface area (Å²) >= 11 is 0. The van der Waals surface area contributed by atoms with E-state index in [4.69, 9.17) is 10.5 Å². The molecule has 2 unspecified atom stereocenters. The first kappa shape index (κ1) is 12.5. The van der Waals surface area contributed by atoms with Gasteiger partial charge in [-0.05, 0) is 19.9 Å². The van der Waals surface area contributed by atoms with Crippen LogP contribution < -0.4 is 5.73 Å². The molecule has 1 saturated heterocycles. The highest BCUT2D eigenvalue weighted by Gasteiger charge is 2.35. The van der Waals surface area contributed by atoms with Crippen LogP contribution in [0.1, 0.15) is 25.6 Å². The molecule has 0 saturated carbocycles. The maximum atomic E-state index is 5.83. The number of nitrogens with zero attached hydrogens (tertiary/aromatic N) is 3. The van der Waals surface area contributed by atoms with Crippen LogP contribution >= 0.6 is 0 Å². The number of morpholine rings is 1. The zero-order valence-electron chi connectivity index (χ0n) is 10.8. The van der Waals surface area contributed by atoms with Crippen molar-refractivity contribution in [2.75, 3.05) is 19.7 Å². The van der Waals surface area contributed by atoms with Gasteiger partial charge in [0, 0.05) is 32.4 Å². The summed E-state index contributed by atoms with van der Waals surface area (Å²) in [5.74, 6) is 0. The number of aromatic nitrogens is 2. The molecule has 5 nitrogen and oxygen atoms in total. The Balaban J connectivity index is 2.32. The number of hydrogen-bond acceptors (Lipinski definition) is 4. The van der Waals surface area contributed by atoms with Crippen LogP contribution in [0.25, 0.3) is 0 Å². The van der Waals surface area contributed by atoms with E-state index in [0.717, 1.165) is 13.2 Å². The Morgan fingerprint density at radius 1 is 1.59 bits per heavy atom. The van der Waals surface area contributed by atoms with Crippen LogP contribution in [0.5, 0.6) is 0 Å². The molecule has 0 spiro atoms. The maximum absolute atomic E-state index is 5.83. The molecule has 2 heterocycles. The summed E-state index contributed by atoms with van der Waals surface area (Å²) in [7, 11) is 1.97. The molecule has 0 aliphatic carbocycles. The van der Waals surface area contributed by atoms with E-state index < -0.39 is 0 Å². The topological polar surface area (TPSA) is 56.3 Å². The zero-order valence-corrected chi connectivity index (χ0v) is 10.8. The summed E-state index contributed by atoms with van der Waals surface area (Å²) in [4.78, 5) is 2.44. The van der Waals surface area contributed by atoms with Gasteiger partial charge in [-0.2, -0.15) is 5.10 Å². The monoisotopic (exact) mass is 238 g/mol. The molecule has 1 aliphatic rings. The van der Waals surface area contributed by atoms with Gasteiger partial charge in [0.15, 0.2) is 0 Å². The van der Waals surface area contributed by atoms with Gasteiger partial charge >= 0.3 is 0 Å². The van der Waals surface area contributed by atoms with Gasteiger partial charge in [0.1, 0.15) is 0 Å². The van der Waals surface area contributed by atoms with Crippen LogP contribution in [-0.2, 0) is 11.8 Å². The Morgan fingerprint density at radius 3 is 2.88 bits per heavy atom. The largest absolute Gasteiger partial charge is 0.374 e. The predicted molar refractivity (Wildman–Crippen MR) is 66.6 cm³/mol. The Kier molecular flexibility index (Phi) is 3.81. The van der Waals surface area contributed by atoms with Crippen molar-refractivity contribution in [2.45, 2.75) is 32.0 Å². The molecule has 0 radical (unpaired) electrons. The Morgan fingerprint density at radius 2 is 2.35 bits per heavy atom. The zero-order chi connectivity index (χ0) is 12.4. The highest BCUT2D eigenvalue weighted by Crippen LogP contribution is 2.30. The molecular weight excluding hydrogens is 216 g/mol. The van der Waals surface area contributed by atoms with Gasteiger partial charge in [-0.25, -0.2) is 0 Å². The lowest BCUT2D eigenvalue weighted by molar-refractivity contribution is -0.0813. The summed E-state index contributed by atoms with van der Waals surface area (Å²) in [5.41, 5.74) is 7.01. The molecule has 17 heavy (non-hydrogen) atoms. The molecule has 0 aromatic carbocycles. The third-order valence-corrected chi connectivity index (χ3v) is 3.45. The molecule has 0 amide bonds. The van der Waals surface area contributed by atoms with E-state index in [2.05, 4.69) is 29.9 Å². The van der Waals surface area contributed by atoms with E-state index >= 15 is 0 Å². The Hall–Kier alpha value is -0.910. The number of ether oxygens (including phenoxy) is 1. The highest BCUT2D eigenvalue weighted by molar-refractivity contribution is 5.11. The lowest BCUT2D eigenvalue weighted by Gasteiger charge is -2.43. The van der Waals surface area contributed by atoms with Crippen molar-refractivity contribution in [1.82, 2.24) is 14.7 Å². The lowest BCUT2D eigenvalue weighted by Crippen LogP contribution is -2.51. The molecular formula is C12H22N4O. The molecule has 2 atom stereocenters. The summed E-state index contributed by atoms with van der Waals surface area (Å²) in [6.07, 6.45) is 1.89. The van der Waals surface area contributed by atoms with E-state index in [1.807, 2.05) is 17.9 Å². The minimum atomic E-state index is 0.0570. The fourth-order valence-corrected chi connectivity index (χ4v) is 2.56. The first-order valence-electron chi connectivity index (χ1n) is 6.20. The van der Waals surface area contributed by atoms with Gasteiger partial charge in [0.05, 0.1) is 24.4 Å². The van der Waals surface area contributed by atoms with E-state index in [1.54, 1.807) is 0 Å². The second-order valence-electron chi connectivity index (χ2n) is 4.80. The van der Waals surface area contributed by atoms with Crippen LogP contribution in [0.15, 0.2) is 12.3 Å². The number of hydrogen-bond donors (Lipinski definition) is 1. The fraction of sp³-hybridized carbons (Fsp3) is 0.750. The second-order valence-corrected chi connectivity index (χ2v) is 4.80. The molecule has 2 rings (SSSR count). The van der Waals surface area contributed by atoms with Gasteiger partial charge in [0.2, 0.25) is 0 Å². The summed E-state index contributed by atoms with van der Waals surface area (Å²) in [6.45, 7) is 6.67. The van der Waals surface area contributed by atoms with Gasteiger partial charge in [-0.3, -0.25) is 9.58 Å². The van der Waals surface area contributed by atoms with E-state index in [1.165, 1.54) is 5.69 Å². The molecule has 1 fully saturated rings. The van der Waals surface area contributed by atoms with Crippen molar-refractivity contribution >= 4 is 0 Å². The lowest BCUT2D eigenvalue weighted by atomic mass is 10.0. The highest BCUT2D eigenvalue weighted by atomic mass is 16.5. The molecule has 1 aliphatic heterocycles. The van der Waals surface area contributed by atoms with Crippen molar-refractivity contribution in [1.29, 1.82) is 0 Å². The predicted octanol–water partition coefficient (Wildman–Crippen LogP) is 0.529. The van der Waals surface area contributed by atoms with Gasteiger partial charge in [-0.1, -0.05) is 0 Å². The van der Waals surface area contributed by atoms with Crippen molar-refractivity contribution in [3.63, 3.8) is 0 Å². The second kappa shape index (κ2) is 5.16. The van der Waals surface area contributed by atoms with Gasteiger partial charge < -0.3 is 10.5 Å². The first-order chi connectivity index (χ1) is 8.15. The average Bonchev–Trinajstić information content (AvgIpc) is 2.74. The van der Waals surface area contributed by atoms with Crippen molar-refractivity contribution < 1.29 is 4.74 Å². The van der Waals surface area contributed by atoms with Crippen LogP contribution in [0.3, 0.4) is 0 Å². The van der Waals surface area contributed by atoms with Crippen molar-refractivity contribution in [3.8, 4) is 0 Å². The number of nitrogens with two attached hydrogens (primary N) is 1. The molecule has 2 N–H and O–H groups in total. The summed E-state index contributed by atoms with van der Waals surface area (Å²) in [5, 5.41) is 4.25. The normalized spacial score (nSPS) is 26.6. The quantitative estimate of drug-likeness (QED) is 0.834. The number of rotatable bonds is 3. The van der Waals surface area contributed by atoms with Gasteiger partial charge in [0.25, 0.3) is 0 Å². The average molecular weight is 238 g/mol. The van der Waals surface area contributed by atoms with Crippen molar-refractivity contribution in [3.05, 3.63) is 18.0 Å². The summed E-state index contributed by atoms with van der Waals surface area (Å²) in [6, 6.07) is 2.74. The van der Waals surface area contributed by atoms with Crippen LogP contribution in [0.2, 0.25) is 0 Å². The third-order valence-electron chi connectivity index (χ3n) is 3.45. The van der Waals surface area contributed by atoms with Crippen LogP contribution in [0, 0.1) is 0 Å². The maximum Gasteiger partial charge on any atom is 0.0909 e. The SMILES string of the molecule is CC(C)N1CCOC(CN)C1c1ccnn1C. The van der Waals surface area contributed by atoms with E-state index in [0.29, 0.717) is 12.6 Å². The molecule has 1 aromatic rings. The van der Waals surface area contributed by atoms with Crippen LogP contribution in [-0.4, -0.2) is 46.5 Å². The van der Waals surface area contributed by atoms with E-state index in [9.17, 15) is 0 Å². The summed E-state index contributed by atoms with van der Waals surface area (Å²) < 4.78 is 7.71. The molecule has 1 aromatic heterocycles. The Bertz CT molecular complexity index is 363. The Labute approximate surface area is 103 Å². The minimum absolute atomic E-state index is 0.0570. The smallest absolute Gasteiger partial charge is 0.0909 e.